The predicted molar refractivity (Wildman–Crippen MR) is 81.6 cm³/mol. The number of hydrogen-bond acceptors (Lipinski definition) is 6. The monoisotopic (exact) mass is 532 g/mol. The van der Waals surface area contributed by atoms with Crippen LogP contribution in [0.4, 0.5) is 26.3 Å². The van der Waals surface area contributed by atoms with E-state index in [4.69, 9.17) is 0 Å². The molecule has 0 aliphatic heterocycles. The Hall–Kier alpha value is 0.896. The maximum atomic E-state index is 12.4. The summed E-state index contributed by atoms with van der Waals surface area (Å²) in [6.45, 7) is 0. The topological polar surface area (TPSA) is 146 Å². The van der Waals surface area contributed by atoms with Crippen molar-refractivity contribution in [2.45, 2.75) is 11.0 Å². The standard InChI is InChI=1S/C6H13F6N5O6S4.K/c1-16(2)26(22,13-24(18,19)5(7,8)9)15-27(23,17(3)4)14-25(20,21)6(10,11)12;/h1-4H3,(H,13,14,15,22,23);/q;+1. The molecule has 0 aliphatic rings. The minimum atomic E-state index is -6.48. The normalized spacial score (nSPS) is 18.1. The second-order valence-electron chi connectivity index (χ2n) is 4.69. The molecule has 164 valence electrons. The number of rotatable bonds is 6. The second-order valence-corrected chi connectivity index (χ2v) is 12.8. The van der Waals surface area contributed by atoms with E-state index in [0.29, 0.717) is 28.2 Å². The Bertz CT molecular complexity index is 934. The number of halogens is 6. The summed E-state index contributed by atoms with van der Waals surface area (Å²) >= 11 is 0. The zero-order valence-corrected chi connectivity index (χ0v) is 21.0. The van der Waals surface area contributed by atoms with Gasteiger partial charge in [0.1, 0.15) is 0 Å². The fraction of sp³-hybridized carbons (Fsp3) is 1.00. The molecule has 0 aromatic rings. The average molecular weight is 533 g/mol. The maximum absolute atomic E-state index is 12.4. The molecule has 0 saturated heterocycles. The Kier molecular flexibility index (Phi) is 10.6. The van der Waals surface area contributed by atoms with Gasteiger partial charge in [-0.2, -0.15) is 43.2 Å². The van der Waals surface area contributed by atoms with Crippen molar-refractivity contribution in [3.8, 4) is 0 Å². The molecule has 2 atom stereocenters. The van der Waals surface area contributed by atoms with Crippen LogP contribution < -0.4 is 55.5 Å². The van der Waals surface area contributed by atoms with Crippen molar-refractivity contribution < 1.29 is 103 Å². The molecule has 28 heavy (non-hydrogen) atoms. The molecule has 0 heterocycles. The van der Waals surface area contributed by atoms with E-state index in [1.54, 1.807) is 0 Å². The van der Waals surface area contributed by atoms with E-state index in [2.05, 4.69) is 0 Å². The Labute approximate surface area is 200 Å². The molecular formula is C6H13F6KN5O6S4+. The summed E-state index contributed by atoms with van der Waals surface area (Å²) in [7, 11) is -20.5. The fourth-order valence-electron chi connectivity index (χ4n) is 0.805. The van der Waals surface area contributed by atoms with Crippen LogP contribution >= 0.6 is 0 Å². The van der Waals surface area contributed by atoms with Gasteiger partial charge < -0.3 is 0 Å². The maximum Gasteiger partial charge on any atom is 1.00 e. The third kappa shape index (κ3) is 7.54. The first kappa shape index (κ1) is 31.1. The summed E-state index contributed by atoms with van der Waals surface area (Å²) in [6, 6.07) is 0. The van der Waals surface area contributed by atoms with Crippen molar-refractivity contribution in [2.75, 3.05) is 28.2 Å². The van der Waals surface area contributed by atoms with Gasteiger partial charge in [-0.15, -0.1) is 4.13 Å². The number of hydrogen-bond donors (Lipinski definition) is 1. The van der Waals surface area contributed by atoms with E-state index in [9.17, 15) is 51.6 Å². The minimum Gasteiger partial charge on any atom is -0.215 e. The van der Waals surface area contributed by atoms with Crippen LogP contribution in [0, 0.1) is 0 Å². The Morgan fingerprint density at radius 1 is 0.643 bits per heavy atom. The van der Waals surface area contributed by atoms with Crippen molar-refractivity contribution in [3.63, 3.8) is 0 Å². The van der Waals surface area contributed by atoms with Crippen LogP contribution in [-0.2, 0) is 40.2 Å². The fourth-order valence-corrected chi connectivity index (χ4v) is 7.79. The average Bonchev–Trinajstić information content (AvgIpc) is 2.33. The van der Waals surface area contributed by atoms with E-state index in [1.165, 1.54) is 0 Å². The molecule has 0 bridgehead atoms. The van der Waals surface area contributed by atoms with Crippen LogP contribution in [0.1, 0.15) is 0 Å². The summed E-state index contributed by atoms with van der Waals surface area (Å²) in [5.74, 6) is 0. The quantitative estimate of drug-likeness (QED) is 0.285. The summed E-state index contributed by atoms with van der Waals surface area (Å²) in [6.07, 6.45) is 0. The van der Waals surface area contributed by atoms with Crippen LogP contribution in [0.25, 0.3) is 0 Å². The molecule has 1 N–H and O–H groups in total. The molecule has 0 rings (SSSR count). The van der Waals surface area contributed by atoms with Crippen LogP contribution in [0.5, 0.6) is 0 Å². The molecule has 0 aromatic carbocycles. The van der Waals surface area contributed by atoms with Crippen LogP contribution in [0.2, 0.25) is 0 Å². The molecule has 0 aromatic heterocycles. The summed E-state index contributed by atoms with van der Waals surface area (Å²) in [4.78, 5) is 0. The molecule has 22 heteroatoms. The van der Waals surface area contributed by atoms with Crippen LogP contribution in [0.15, 0.2) is 7.54 Å². The van der Waals surface area contributed by atoms with Gasteiger partial charge in [0, 0.05) is 28.2 Å². The van der Waals surface area contributed by atoms with Gasteiger partial charge in [-0.1, -0.05) is 7.54 Å². The number of nitrogens with one attached hydrogen (secondary N) is 1. The van der Waals surface area contributed by atoms with Gasteiger partial charge in [0.2, 0.25) is 20.2 Å². The third-order valence-corrected chi connectivity index (χ3v) is 10.3. The number of sulfonamides is 2. The predicted octanol–water partition coefficient (Wildman–Crippen LogP) is -3.00. The Balaban J connectivity index is 0. The van der Waals surface area contributed by atoms with E-state index in [-0.39, 0.29) is 60.0 Å². The van der Waals surface area contributed by atoms with Gasteiger partial charge in [0.25, 0.3) is 0 Å². The summed E-state index contributed by atoms with van der Waals surface area (Å²) in [5, 5.41) is 0. The van der Waals surface area contributed by atoms with Crippen molar-refractivity contribution in [1.82, 2.24) is 12.7 Å². The Morgan fingerprint density at radius 3 is 1.00 bits per heavy atom. The smallest absolute Gasteiger partial charge is 0.215 e. The summed E-state index contributed by atoms with van der Waals surface area (Å²) < 4.78 is 149. The zero-order chi connectivity index (χ0) is 22.3. The van der Waals surface area contributed by atoms with E-state index in [1.807, 2.05) is 7.54 Å². The molecule has 0 amide bonds. The van der Waals surface area contributed by atoms with Gasteiger partial charge in [-0.3, -0.25) is 0 Å². The minimum absolute atomic E-state index is 0. The van der Waals surface area contributed by atoms with E-state index >= 15 is 0 Å². The van der Waals surface area contributed by atoms with Gasteiger partial charge in [-0.25, -0.2) is 17.0 Å². The second kappa shape index (κ2) is 9.58. The van der Waals surface area contributed by atoms with Gasteiger partial charge in [-0.05, 0) is 0 Å². The molecule has 11 nitrogen and oxygen atoms in total. The van der Waals surface area contributed by atoms with Crippen LogP contribution in [-0.4, -0.2) is 73.1 Å². The molecule has 0 spiro atoms. The van der Waals surface area contributed by atoms with Gasteiger partial charge in [0.15, 0.2) is 0 Å². The number of alkyl halides is 6. The van der Waals surface area contributed by atoms with Gasteiger partial charge >= 0.3 is 82.4 Å². The van der Waals surface area contributed by atoms with E-state index in [0.717, 1.165) is 4.13 Å². The molecular weight excluding hydrogens is 519 g/mol. The first-order valence-corrected chi connectivity index (χ1v) is 11.7. The van der Waals surface area contributed by atoms with Crippen LogP contribution in [0.3, 0.4) is 0 Å². The van der Waals surface area contributed by atoms with E-state index < -0.39 is 51.3 Å². The zero-order valence-electron chi connectivity index (χ0n) is 14.6. The SMILES string of the molecule is CN(C)S(=O)(=NS(=O)(=O)C(F)(F)F)NS(=O)(=NS(=O)(=O)C(F)(F)F)N(C)C.[K+]. The van der Waals surface area contributed by atoms with Crippen molar-refractivity contribution in [1.29, 1.82) is 0 Å². The first-order chi connectivity index (χ1) is 11.5. The third-order valence-electron chi connectivity index (χ3n) is 2.19. The molecule has 0 saturated carbocycles. The summed E-state index contributed by atoms with van der Waals surface area (Å²) in [5.41, 5.74) is -12.1. The first-order valence-electron chi connectivity index (χ1n) is 5.83. The molecule has 2 unspecified atom stereocenters. The Morgan fingerprint density at radius 2 is 0.857 bits per heavy atom. The molecule has 0 aliphatic carbocycles. The van der Waals surface area contributed by atoms with Crippen molar-refractivity contribution >= 4 is 40.2 Å². The van der Waals surface area contributed by atoms with Gasteiger partial charge in [0.05, 0.1) is 0 Å². The largest absolute Gasteiger partial charge is 1.00 e. The molecule has 0 radical (unpaired) electrons. The number of nitrogens with zero attached hydrogens (tertiary/aromatic N) is 4. The van der Waals surface area contributed by atoms with Crippen molar-refractivity contribution in [2.24, 2.45) is 7.54 Å². The molecule has 0 fully saturated rings. The van der Waals surface area contributed by atoms with Crippen molar-refractivity contribution in [3.05, 3.63) is 0 Å².